The van der Waals surface area contributed by atoms with Gasteiger partial charge in [-0.1, -0.05) is 6.07 Å². The van der Waals surface area contributed by atoms with Crippen LogP contribution in [-0.2, 0) is 6.54 Å². The molecule has 0 amide bonds. The van der Waals surface area contributed by atoms with Crippen LogP contribution in [0.15, 0.2) is 23.2 Å². The summed E-state index contributed by atoms with van der Waals surface area (Å²) < 4.78 is 10.6. The van der Waals surface area contributed by atoms with Gasteiger partial charge in [0.15, 0.2) is 17.5 Å². The van der Waals surface area contributed by atoms with Crippen molar-refractivity contribution in [2.45, 2.75) is 25.5 Å². The number of guanidine groups is 1. The number of thioether (sulfide) groups is 1. The zero-order valence-electron chi connectivity index (χ0n) is 15.0. The summed E-state index contributed by atoms with van der Waals surface area (Å²) >= 11 is 1.79. The van der Waals surface area contributed by atoms with Crippen molar-refractivity contribution in [3.63, 3.8) is 0 Å². The van der Waals surface area contributed by atoms with E-state index in [2.05, 4.69) is 15.6 Å². The van der Waals surface area contributed by atoms with E-state index in [-0.39, 0.29) is 24.0 Å². The van der Waals surface area contributed by atoms with E-state index in [4.69, 9.17) is 9.47 Å². The molecule has 1 aliphatic heterocycles. The van der Waals surface area contributed by atoms with Crippen molar-refractivity contribution in [3.05, 3.63) is 23.8 Å². The third-order valence-corrected chi connectivity index (χ3v) is 5.11. The number of nitrogens with zero attached hydrogens (tertiary/aromatic N) is 1. The van der Waals surface area contributed by atoms with Gasteiger partial charge in [0.05, 0.1) is 26.4 Å². The first-order valence-electron chi connectivity index (χ1n) is 8.13. The molecule has 1 aromatic carbocycles. The van der Waals surface area contributed by atoms with Crippen molar-refractivity contribution in [1.29, 1.82) is 0 Å². The van der Waals surface area contributed by atoms with E-state index >= 15 is 0 Å². The topological polar surface area (TPSA) is 75.1 Å². The molecule has 25 heavy (non-hydrogen) atoms. The number of methoxy groups -OCH3 is 2. The zero-order chi connectivity index (χ0) is 17.4. The standard InChI is InChI=1S/C17H27N3O3S.HI/c1-4-18-16(20-11-17(21)7-8-24-12-17)19-10-13-5-6-14(22-2)15(9-13)23-3;/h5-6,9,21H,4,7-8,10-12H2,1-3H3,(H2,18,19,20);1H. The van der Waals surface area contributed by atoms with Gasteiger partial charge in [-0.05, 0) is 36.8 Å². The molecule has 3 N–H and O–H groups in total. The number of hydrogen-bond acceptors (Lipinski definition) is 5. The number of benzene rings is 1. The molecule has 1 heterocycles. The number of hydrogen-bond donors (Lipinski definition) is 3. The summed E-state index contributed by atoms with van der Waals surface area (Å²) in [5.74, 6) is 3.89. The van der Waals surface area contributed by atoms with Gasteiger partial charge in [-0.2, -0.15) is 11.8 Å². The highest BCUT2D eigenvalue weighted by Crippen LogP contribution is 2.28. The molecule has 0 bridgehead atoms. The van der Waals surface area contributed by atoms with Crippen molar-refractivity contribution < 1.29 is 14.6 Å². The number of rotatable bonds is 7. The molecule has 142 valence electrons. The van der Waals surface area contributed by atoms with Gasteiger partial charge in [-0.15, -0.1) is 24.0 Å². The lowest BCUT2D eigenvalue weighted by atomic mass is 10.0. The Morgan fingerprint density at radius 3 is 2.64 bits per heavy atom. The largest absolute Gasteiger partial charge is 0.493 e. The maximum Gasteiger partial charge on any atom is 0.191 e. The number of aliphatic hydroxyl groups is 1. The second-order valence-electron chi connectivity index (χ2n) is 5.76. The number of nitrogens with one attached hydrogen (secondary N) is 2. The Bertz CT molecular complexity index is 566. The van der Waals surface area contributed by atoms with Crippen LogP contribution in [0.25, 0.3) is 0 Å². The summed E-state index contributed by atoms with van der Waals surface area (Å²) in [7, 11) is 3.24. The Balaban J connectivity index is 0.00000312. The monoisotopic (exact) mass is 481 g/mol. The first kappa shape index (κ1) is 22.2. The first-order chi connectivity index (χ1) is 11.6. The van der Waals surface area contributed by atoms with Gasteiger partial charge in [-0.25, -0.2) is 4.99 Å². The number of aliphatic imine (C=N–C) groups is 1. The van der Waals surface area contributed by atoms with Crippen LogP contribution in [0.2, 0.25) is 0 Å². The Morgan fingerprint density at radius 2 is 2.04 bits per heavy atom. The van der Waals surface area contributed by atoms with E-state index in [0.29, 0.717) is 30.5 Å². The molecule has 0 saturated carbocycles. The van der Waals surface area contributed by atoms with Crippen LogP contribution in [0, 0.1) is 0 Å². The van der Waals surface area contributed by atoms with Crippen molar-refractivity contribution in [2.75, 3.05) is 38.8 Å². The third-order valence-electron chi connectivity index (χ3n) is 3.88. The molecule has 1 saturated heterocycles. The Kier molecular flexibility index (Phi) is 9.73. The van der Waals surface area contributed by atoms with Crippen LogP contribution < -0.4 is 20.1 Å². The van der Waals surface area contributed by atoms with E-state index in [1.54, 1.807) is 26.0 Å². The molecule has 1 fully saturated rings. The third kappa shape index (κ3) is 6.74. The van der Waals surface area contributed by atoms with Crippen LogP contribution in [0.1, 0.15) is 18.9 Å². The molecular formula is C17H28IN3O3S. The smallest absolute Gasteiger partial charge is 0.191 e. The highest BCUT2D eigenvalue weighted by atomic mass is 127. The summed E-state index contributed by atoms with van der Waals surface area (Å²) in [5, 5.41) is 16.9. The lowest BCUT2D eigenvalue weighted by Gasteiger charge is -2.23. The normalized spacial score (nSPS) is 19.9. The Hall–Kier alpha value is -0.870. The van der Waals surface area contributed by atoms with Crippen LogP contribution >= 0.6 is 35.7 Å². The average Bonchev–Trinajstić information content (AvgIpc) is 3.04. The van der Waals surface area contributed by atoms with Crippen molar-refractivity contribution in [1.82, 2.24) is 10.6 Å². The second-order valence-corrected chi connectivity index (χ2v) is 6.87. The van der Waals surface area contributed by atoms with Gasteiger partial charge in [0.2, 0.25) is 0 Å². The highest BCUT2D eigenvalue weighted by Gasteiger charge is 2.31. The van der Waals surface area contributed by atoms with Crippen molar-refractivity contribution in [2.24, 2.45) is 4.99 Å². The second kappa shape index (κ2) is 11.0. The molecule has 0 radical (unpaired) electrons. The molecule has 0 spiro atoms. The average molecular weight is 481 g/mol. The quantitative estimate of drug-likeness (QED) is 0.315. The van der Waals surface area contributed by atoms with Gasteiger partial charge in [0, 0.05) is 18.8 Å². The minimum atomic E-state index is -0.635. The molecule has 2 rings (SSSR count). The lowest BCUT2D eigenvalue weighted by Crippen LogP contribution is -2.47. The minimum absolute atomic E-state index is 0. The summed E-state index contributed by atoms with van der Waals surface area (Å²) in [5.41, 5.74) is 0.393. The first-order valence-corrected chi connectivity index (χ1v) is 9.29. The molecule has 1 aromatic rings. The highest BCUT2D eigenvalue weighted by molar-refractivity contribution is 14.0. The Morgan fingerprint density at radius 1 is 1.28 bits per heavy atom. The number of ether oxygens (including phenoxy) is 2. The van der Waals surface area contributed by atoms with Gasteiger partial charge in [0.25, 0.3) is 0 Å². The summed E-state index contributed by atoms with van der Waals surface area (Å²) in [4.78, 5) is 4.59. The maximum absolute atomic E-state index is 10.4. The van der Waals surface area contributed by atoms with E-state index in [1.165, 1.54) is 0 Å². The van der Waals surface area contributed by atoms with E-state index < -0.39 is 5.60 Å². The van der Waals surface area contributed by atoms with Gasteiger partial charge < -0.3 is 25.2 Å². The van der Waals surface area contributed by atoms with Gasteiger partial charge in [0.1, 0.15) is 0 Å². The molecule has 0 aliphatic carbocycles. The molecule has 6 nitrogen and oxygen atoms in total. The van der Waals surface area contributed by atoms with E-state index in [0.717, 1.165) is 30.0 Å². The minimum Gasteiger partial charge on any atom is -0.493 e. The van der Waals surface area contributed by atoms with Gasteiger partial charge in [-0.3, -0.25) is 0 Å². The van der Waals surface area contributed by atoms with Crippen LogP contribution in [0.4, 0.5) is 0 Å². The molecule has 1 unspecified atom stereocenters. The van der Waals surface area contributed by atoms with E-state index in [1.807, 2.05) is 25.1 Å². The van der Waals surface area contributed by atoms with Crippen molar-refractivity contribution in [3.8, 4) is 11.5 Å². The van der Waals surface area contributed by atoms with Crippen LogP contribution in [0.3, 0.4) is 0 Å². The summed E-state index contributed by atoms with van der Waals surface area (Å²) in [6.45, 7) is 3.82. The molecule has 8 heteroatoms. The predicted octanol–water partition coefficient (Wildman–Crippen LogP) is 2.24. The van der Waals surface area contributed by atoms with Gasteiger partial charge >= 0.3 is 0 Å². The SMILES string of the molecule is CCNC(=NCc1ccc(OC)c(OC)c1)NCC1(O)CCSC1.I. The molecular weight excluding hydrogens is 453 g/mol. The molecule has 1 atom stereocenters. The fraction of sp³-hybridized carbons (Fsp3) is 0.588. The summed E-state index contributed by atoms with van der Waals surface area (Å²) in [6, 6.07) is 5.77. The zero-order valence-corrected chi connectivity index (χ0v) is 18.1. The summed E-state index contributed by atoms with van der Waals surface area (Å²) in [6.07, 6.45) is 0.819. The maximum atomic E-state index is 10.4. The lowest BCUT2D eigenvalue weighted by molar-refractivity contribution is 0.0724. The van der Waals surface area contributed by atoms with Crippen LogP contribution in [0.5, 0.6) is 11.5 Å². The van der Waals surface area contributed by atoms with Crippen molar-refractivity contribution >= 4 is 41.7 Å². The Labute approximate surface area is 171 Å². The molecule has 1 aliphatic rings. The number of halogens is 1. The van der Waals surface area contributed by atoms with Crippen LogP contribution in [-0.4, -0.2) is 55.5 Å². The fourth-order valence-corrected chi connectivity index (χ4v) is 3.77. The molecule has 0 aromatic heterocycles. The van der Waals surface area contributed by atoms with E-state index in [9.17, 15) is 5.11 Å². The fourth-order valence-electron chi connectivity index (χ4n) is 2.48. The predicted molar refractivity (Wildman–Crippen MR) is 115 cm³/mol.